The molecule has 0 spiro atoms. The van der Waals surface area contributed by atoms with Crippen molar-refractivity contribution in [2.75, 3.05) is 27.9 Å². The first-order valence-electron chi connectivity index (χ1n) is 13.0. The van der Waals surface area contributed by atoms with Crippen LogP contribution in [0.15, 0.2) is 87.6 Å². The van der Waals surface area contributed by atoms with E-state index in [1.165, 1.54) is 22.3 Å². The van der Waals surface area contributed by atoms with Crippen LogP contribution in [0.2, 0.25) is 0 Å². The standard InChI is InChI=1S/C33H33NO5S/c1-20-15-21(2)31(22(3)16-20)23-11-13-25(14-12-23)40(35)30-10-8-7-9-26(30)33-34-27(19-39-33)24-17-28(36-4)32(38-6)29(18-24)37-5/h7-18,27H,19H2,1-6H3/t27-,40+/m1/s1. The van der Waals surface area contributed by atoms with Gasteiger partial charge in [0.25, 0.3) is 0 Å². The fraction of sp³-hybridized carbons (Fsp3) is 0.242. The Kier molecular flexibility index (Phi) is 7.94. The van der Waals surface area contributed by atoms with Crippen molar-refractivity contribution in [1.82, 2.24) is 0 Å². The molecule has 0 bridgehead atoms. The highest BCUT2D eigenvalue weighted by Gasteiger charge is 2.27. The van der Waals surface area contributed by atoms with Gasteiger partial charge in [0.1, 0.15) is 12.6 Å². The zero-order valence-electron chi connectivity index (χ0n) is 23.6. The number of nitrogens with zero attached hydrogens (tertiary/aromatic N) is 1. The first-order chi connectivity index (χ1) is 19.3. The van der Waals surface area contributed by atoms with Crippen LogP contribution < -0.4 is 14.2 Å². The van der Waals surface area contributed by atoms with Crippen molar-refractivity contribution in [3.05, 3.63) is 101 Å². The van der Waals surface area contributed by atoms with Gasteiger partial charge in [-0.2, -0.15) is 0 Å². The number of methoxy groups -OCH3 is 3. The third-order valence-electron chi connectivity index (χ3n) is 7.07. The molecule has 2 atom stereocenters. The largest absolute Gasteiger partial charge is 0.493 e. The average molecular weight is 556 g/mol. The summed E-state index contributed by atoms with van der Waals surface area (Å²) in [5.41, 5.74) is 7.63. The van der Waals surface area contributed by atoms with Crippen molar-refractivity contribution in [1.29, 1.82) is 0 Å². The molecule has 5 rings (SSSR count). The van der Waals surface area contributed by atoms with Crippen LogP contribution in [0.5, 0.6) is 17.2 Å². The van der Waals surface area contributed by atoms with Crippen LogP contribution in [-0.4, -0.2) is 38.0 Å². The summed E-state index contributed by atoms with van der Waals surface area (Å²) in [7, 11) is 3.32. The van der Waals surface area contributed by atoms with Gasteiger partial charge in [-0.15, -0.1) is 0 Å². The molecule has 0 amide bonds. The van der Waals surface area contributed by atoms with Gasteiger partial charge in [-0.1, -0.05) is 42.0 Å². The first-order valence-corrected chi connectivity index (χ1v) is 14.2. The third kappa shape index (κ3) is 5.21. The van der Waals surface area contributed by atoms with Gasteiger partial charge in [0.15, 0.2) is 11.5 Å². The molecule has 1 aliphatic rings. The molecule has 206 valence electrons. The number of aliphatic imine (C=N–C) groups is 1. The van der Waals surface area contributed by atoms with Crippen LogP contribution in [0, 0.1) is 20.8 Å². The molecule has 0 saturated carbocycles. The fourth-order valence-corrected chi connectivity index (χ4v) is 6.49. The van der Waals surface area contributed by atoms with E-state index >= 15 is 0 Å². The van der Waals surface area contributed by atoms with Crippen molar-refractivity contribution < 1.29 is 23.2 Å². The Morgan fingerprint density at radius 1 is 0.825 bits per heavy atom. The van der Waals surface area contributed by atoms with Gasteiger partial charge < -0.3 is 18.9 Å². The molecule has 0 aromatic heterocycles. The first kappa shape index (κ1) is 27.5. The Hall–Kier alpha value is -4.10. The van der Waals surface area contributed by atoms with Crippen LogP contribution >= 0.6 is 0 Å². The van der Waals surface area contributed by atoms with Crippen molar-refractivity contribution in [2.24, 2.45) is 4.99 Å². The summed E-state index contributed by atoms with van der Waals surface area (Å²) in [6.07, 6.45) is 0. The molecular formula is C33H33NO5S. The van der Waals surface area contributed by atoms with E-state index in [1.807, 2.05) is 60.7 Å². The molecule has 0 aliphatic carbocycles. The lowest BCUT2D eigenvalue weighted by Crippen LogP contribution is -2.07. The zero-order chi connectivity index (χ0) is 28.4. The molecule has 1 aliphatic heterocycles. The predicted molar refractivity (Wildman–Crippen MR) is 159 cm³/mol. The minimum atomic E-state index is -1.42. The topological polar surface area (TPSA) is 66.4 Å². The van der Waals surface area contributed by atoms with Gasteiger partial charge in [-0.3, -0.25) is 0 Å². The Bertz CT molecular complexity index is 1560. The molecule has 4 aromatic rings. The maximum absolute atomic E-state index is 13.8. The van der Waals surface area contributed by atoms with Gasteiger partial charge in [-0.05, 0) is 85.0 Å². The van der Waals surface area contributed by atoms with Crippen LogP contribution in [0.1, 0.15) is 33.9 Å². The number of hydrogen-bond donors (Lipinski definition) is 0. The summed E-state index contributed by atoms with van der Waals surface area (Å²) in [5, 5.41) is 0. The normalized spacial score (nSPS) is 15.2. The molecule has 7 heteroatoms. The minimum absolute atomic E-state index is 0.273. The Morgan fingerprint density at radius 3 is 2.05 bits per heavy atom. The van der Waals surface area contributed by atoms with E-state index in [4.69, 9.17) is 23.9 Å². The highest BCUT2D eigenvalue weighted by Crippen LogP contribution is 2.41. The second-order valence-electron chi connectivity index (χ2n) is 9.78. The van der Waals surface area contributed by atoms with Gasteiger partial charge in [0, 0.05) is 4.90 Å². The maximum Gasteiger partial charge on any atom is 0.218 e. The molecule has 0 fully saturated rings. The maximum atomic E-state index is 13.8. The molecule has 0 N–H and O–H groups in total. The van der Waals surface area contributed by atoms with E-state index in [-0.39, 0.29) is 6.04 Å². The smallest absolute Gasteiger partial charge is 0.218 e. The highest BCUT2D eigenvalue weighted by atomic mass is 32.2. The lowest BCUT2D eigenvalue weighted by Gasteiger charge is -2.15. The van der Waals surface area contributed by atoms with Crippen LogP contribution in [-0.2, 0) is 15.5 Å². The third-order valence-corrected chi connectivity index (χ3v) is 8.53. The van der Waals surface area contributed by atoms with E-state index < -0.39 is 10.8 Å². The van der Waals surface area contributed by atoms with Crippen LogP contribution in [0.25, 0.3) is 11.1 Å². The molecule has 40 heavy (non-hydrogen) atoms. The number of benzene rings is 4. The average Bonchev–Trinajstić information content (AvgIpc) is 3.46. The molecule has 4 aromatic carbocycles. The lowest BCUT2D eigenvalue weighted by atomic mass is 9.94. The summed E-state index contributed by atoms with van der Waals surface area (Å²) in [4.78, 5) is 6.24. The number of aryl methyl sites for hydroxylation is 3. The SMILES string of the molecule is COc1cc([C@H]2COC(c3ccccc3[S@@](=O)c3ccc(-c4c(C)cc(C)cc4C)cc3)=N2)cc(OC)c1OC. The van der Waals surface area contributed by atoms with Crippen molar-refractivity contribution in [2.45, 2.75) is 36.6 Å². The highest BCUT2D eigenvalue weighted by molar-refractivity contribution is 7.85. The van der Waals surface area contributed by atoms with Crippen LogP contribution in [0.4, 0.5) is 0 Å². The number of hydrogen-bond acceptors (Lipinski definition) is 6. The van der Waals surface area contributed by atoms with Crippen LogP contribution in [0.3, 0.4) is 0 Å². The fourth-order valence-electron chi connectivity index (χ4n) is 5.30. The number of ether oxygens (including phenoxy) is 4. The Morgan fingerprint density at radius 2 is 1.45 bits per heavy atom. The van der Waals surface area contributed by atoms with E-state index in [9.17, 15) is 4.21 Å². The van der Waals surface area contributed by atoms with Crippen molar-refractivity contribution >= 4 is 16.7 Å². The molecular weight excluding hydrogens is 522 g/mol. The second kappa shape index (κ2) is 11.6. The van der Waals surface area contributed by atoms with Crippen molar-refractivity contribution in [3.8, 4) is 28.4 Å². The van der Waals surface area contributed by atoms with Crippen molar-refractivity contribution in [3.63, 3.8) is 0 Å². The van der Waals surface area contributed by atoms with E-state index in [0.717, 1.165) is 16.0 Å². The monoisotopic (exact) mass is 555 g/mol. The summed E-state index contributed by atoms with van der Waals surface area (Å²) in [6.45, 7) is 6.72. The quantitative estimate of drug-likeness (QED) is 0.234. The van der Waals surface area contributed by atoms with E-state index in [0.29, 0.717) is 40.2 Å². The van der Waals surface area contributed by atoms with E-state index in [1.54, 1.807) is 21.3 Å². The van der Waals surface area contributed by atoms with Gasteiger partial charge in [-0.25, -0.2) is 9.20 Å². The molecule has 0 unspecified atom stereocenters. The van der Waals surface area contributed by atoms with Gasteiger partial charge in [0.2, 0.25) is 11.6 Å². The minimum Gasteiger partial charge on any atom is -0.493 e. The summed E-state index contributed by atoms with van der Waals surface area (Å²) < 4.78 is 36.3. The van der Waals surface area contributed by atoms with Gasteiger partial charge in [0.05, 0.1) is 42.6 Å². The zero-order valence-corrected chi connectivity index (χ0v) is 24.4. The second-order valence-corrected chi connectivity index (χ2v) is 11.2. The van der Waals surface area contributed by atoms with E-state index in [2.05, 4.69) is 32.9 Å². The molecule has 0 radical (unpaired) electrons. The summed E-state index contributed by atoms with van der Waals surface area (Å²) in [5.74, 6) is 2.10. The lowest BCUT2D eigenvalue weighted by molar-refractivity contribution is 0.312. The molecule has 1 heterocycles. The molecule has 6 nitrogen and oxygen atoms in total. The molecule has 0 saturated heterocycles. The summed E-state index contributed by atoms with van der Waals surface area (Å²) >= 11 is 0. The van der Waals surface area contributed by atoms with Gasteiger partial charge >= 0.3 is 0 Å². The Labute approximate surface area is 238 Å². The predicted octanol–water partition coefficient (Wildman–Crippen LogP) is 6.99. The Balaban J connectivity index is 1.45. The summed E-state index contributed by atoms with van der Waals surface area (Å²) in [6, 6.07) is 23.4. The number of rotatable bonds is 8.